The van der Waals surface area contributed by atoms with Crippen molar-refractivity contribution in [3.05, 3.63) is 69.2 Å². The number of benzene rings is 2. The Kier molecular flexibility index (Phi) is 5.58. The van der Waals surface area contributed by atoms with Crippen LogP contribution in [0, 0.1) is 0 Å². The van der Waals surface area contributed by atoms with Crippen molar-refractivity contribution in [1.29, 1.82) is 0 Å². The fraction of sp³-hybridized carbons (Fsp3) is 0.176. The molecule has 0 aliphatic rings. The molecule has 2 aromatic carbocycles. The van der Waals surface area contributed by atoms with Crippen LogP contribution < -0.4 is 5.43 Å². The van der Waals surface area contributed by atoms with Crippen LogP contribution in [-0.2, 0) is 6.42 Å². The SMILES string of the molecule is CCc1ccc(C(C)=NNC(=O)c2ccc(Cl)c(Cl)c2)cc1. The summed E-state index contributed by atoms with van der Waals surface area (Å²) in [4.78, 5) is 12.0. The molecule has 0 heterocycles. The number of hydrazone groups is 1. The number of nitrogens with zero attached hydrogens (tertiary/aromatic N) is 1. The lowest BCUT2D eigenvalue weighted by molar-refractivity contribution is 0.0955. The Hall–Kier alpha value is -1.84. The van der Waals surface area contributed by atoms with E-state index in [4.69, 9.17) is 23.2 Å². The Morgan fingerprint density at radius 2 is 1.68 bits per heavy atom. The van der Waals surface area contributed by atoms with Crippen LogP contribution in [0.2, 0.25) is 10.0 Å². The normalized spacial score (nSPS) is 11.4. The fourth-order valence-corrected chi connectivity index (χ4v) is 2.18. The molecule has 114 valence electrons. The third kappa shape index (κ3) is 4.09. The number of rotatable bonds is 4. The van der Waals surface area contributed by atoms with Crippen LogP contribution in [0.15, 0.2) is 47.6 Å². The number of hydrogen-bond donors (Lipinski definition) is 1. The van der Waals surface area contributed by atoms with Crippen LogP contribution in [0.1, 0.15) is 35.3 Å². The zero-order valence-corrected chi connectivity index (χ0v) is 13.9. The van der Waals surface area contributed by atoms with Gasteiger partial charge in [0.05, 0.1) is 15.8 Å². The van der Waals surface area contributed by atoms with E-state index in [2.05, 4.69) is 29.6 Å². The van der Waals surface area contributed by atoms with Gasteiger partial charge in [-0.05, 0) is 42.7 Å². The average molecular weight is 335 g/mol. The van der Waals surface area contributed by atoms with Crippen molar-refractivity contribution >= 4 is 34.8 Å². The number of nitrogens with one attached hydrogen (secondary N) is 1. The summed E-state index contributed by atoms with van der Waals surface area (Å²) in [6, 6.07) is 12.8. The second-order valence-corrected chi connectivity index (χ2v) is 5.63. The third-order valence-corrected chi connectivity index (χ3v) is 4.03. The lowest BCUT2D eigenvalue weighted by Gasteiger charge is -2.05. The quantitative estimate of drug-likeness (QED) is 0.638. The molecule has 1 amide bonds. The first-order valence-corrected chi connectivity index (χ1v) is 7.66. The molecule has 0 unspecified atom stereocenters. The van der Waals surface area contributed by atoms with Crippen LogP contribution in [0.5, 0.6) is 0 Å². The van der Waals surface area contributed by atoms with Crippen molar-refractivity contribution in [3.8, 4) is 0 Å². The molecule has 0 spiro atoms. The van der Waals surface area contributed by atoms with Gasteiger partial charge in [0, 0.05) is 5.56 Å². The Balaban J connectivity index is 2.08. The van der Waals surface area contributed by atoms with E-state index in [9.17, 15) is 4.79 Å². The molecule has 1 N–H and O–H groups in total. The lowest BCUT2D eigenvalue weighted by atomic mass is 10.1. The minimum Gasteiger partial charge on any atom is -0.267 e. The molecular weight excluding hydrogens is 319 g/mol. The molecule has 3 nitrogen and oxygen atoms in total. The largest absolute Gasteiger partial charge is 0.271 e. The number of carbonyl (C=O) groups is 1. The molecule has 0 fully saturated rings. The van der Waals surface area contributed by atoms with Gasteiger partial charge in [0.25, 0.3) is 5.91 Å². The Morgan fingerprint density at radius 1 is 1.05 bits per heavy atom. The Morgan fingerprint density at radius 3 is 2.27 bits per heavy atom. The van der Waals surface area contributed by atoms with E-state index >= 15 is 0 Å². The molecule has 0 aliphatic carbocycles. The predicted octanol–water partition coefficient (Wildman–Crippen LogP) is 4.71. The van der Waals surface area contributed by atoms with Crippen LogP contribution >= 0.6 is 23.2 Å². The van der Waals surface area contributed by atoms with Gasteiger partial charge in [-0.15, -0.1) is 0 Å². The van der Waals surface area contributed by atoms with Gasteiger partial charge < -0.3 is 0 Å². The van der Waals surface area contributed by atoms with E-state index in [-0.39, 0.29) is 5.91 Å². The monoisotopic (exact) mass is 334 g/mol. The first-order chi connectivity index (χ1) is 10.5. The number of aryl methyl sites for hydroxylation is 1. The standard InChI is InChI=1S/C17H16Cl2N2O/c1-3-12-4-6-13(7-5-12)11(2)20-21-17(22)14-8-9-15(18)16(19)10-14/h4-10H,3H2,1-2H3,(H,21,22). The zero-order chi connectivity index (χ0) is 16.1. The number of amides is 1. The second-order valence-electron chi connectivity index (χ2n) is 4.82. The van der Waals surface area contributed by atoms with Crippen LogP contribution in [-0.4, -0.2) is 11.6 Å². The molecule has 0 radical (unpaired) electrons. The van der Waals surface area contributed by atoms with Crippen molar-refractivity contribution in [2.24, 2.45) is 5.10 Å². The maximum absolute atomic E-state index is 12.0. The summed E-state index contributed by atoms with van der Waals surface area (Å²) in [6.45, 7) is 3.95. The highest BCUT2D eigenvalue weighted by Crippen LogP contribution is 2.22. The lowest BCUT2D eigenvalue weighted by Crippen LogP contribution is -2.19. The molecule has 0 saturated carbocycles. The highest BCUT2D eigenvalue weighted by molar-refractivity contribution is 6.42. The van der Waals surface area contributed by atoms with Crippen LogP contribution in [0.25, 0.3) is 0 Å². The van der Waals surface area contributed by atoms with Crippen molar-refractivity contribution in [2.45, 2.75) is 20.3 Å². The highest BCUT2D eigenvalue weighted by Gasteiger charge is 2.07. The van der Waals surface area contributed by atoms with E-state index in [1.165, 1.54) is 11.6 Å². The second kappa shape index (κ2) is 7.43. The molecule has 0 aromatic heterocycles. The van der Waals surface area contributed by atoms with E-state index < -0.39 is 0 Å². The summed E-state index contributed by atoms with van der Waals surface area (Å²) in [7, 11) is 0. The molecule has 0 saturated heterocycles. The summed E-state index contributed by atoms with van der Waals surface area (Å²) in [5.41, 5.74) is 5.89. The first-order valence-electron chi connectivity index (χ1n) is 6.90. The Bertz CT molecular complexity index is 709. The number of hydrogen-bond acceptors (Lipinski definition) is 2. The van der Waals surface area contributed by atoms with E-state index in [0.717, 1.165) is 17.7 Å². The van der Waals surface area contributed by atoms with Crippen molar-refractivity contribution in [2.75, 3.05) is 0 Å². The summed E-state index contributed by atoms with van der Waals surface area (Å²) in [6.07, 6.45) is 0.991. The van der Waals surface area contributed by atoms with Crippen molar-refractivity contribution in [3.63, 3.8) is 0 Å². The first kappa shape index (κ1) is 16.5. The van der Waals surface area contributed by atoms with Gasteiger partial charge in [0.1, 0.15) is 0 Å². The number of halogens is 2. The molecule has 2 aromatic rings. The van der Waals surface area contributed by atoms with Gasteiger partial charge >= 0.3 is 0 Å². The molecule has 22 heavy (non-hydrogen) atoms. The van der Waals surface area contributed by atoms with Crippen LogP contribution in [0.3, 0.4) is 0 Å². The topological polar surface area (TPSA) is 41.5 Å². The summed E-state index contributed by atoms with van der Waals surface area (Å²) in [5.74, 6) is -0.330. The maximum Gasteiger partial charge on any atom is 0.271 e. The summed E-state index contributed by atoms with van der Waals surface area (Å²) >= 11 is 11.7. The van der Waals surface area contributed by atoms with Gasteiger partial charge in [0.15, 0.2) is 0 Å². The van der Waals surface area contributed by atoms with Gasteiger partial charge in [-0.1, -0.05) is 54.4 Å². The van der Waals surface area contributed by atoms with Crippen molar-refractivity contribution in [1.82, 2.24) is 5.43 Å². The molecule has 0 bridgehead atoms. The zero-order valence-electron chi connectivity index (χ0n) is 12.4. The van der Waals surface area contributed by atoms with Gasteiger partial charge in [0.2, 0.25) is 0 Å². The third-order valence-electron chi connectivity index (χ3n) is 3.29. The molecule has 0 atom stereocenters. The molecule has 2 rings (SSSR count). The summed E-state index contributed by atoms with van der Waals surface area (Å²) < 4.78 is 0. The maximum atomic E-state index is 12.0. The molecular formula is C17H16Cl2N2O. The number of carbonyl (C=O) groups excluding carboxylic acids is 1. The molecule has 0 aliphatic heterocycles. The van der Waals surface area contributed by atoms with Gasteiger partial charge in [-0.2, -0.15) is 5.10 Å². The smallest absolute Gasteiger partial charge is 0.267 e. The Labute approximate surface area is 139 Å². The van der Waals surface area contributed by atoms with Gasteiger partial charge in [-0.25, -0.2) is 5.43 Å². The fourth-order valence-electron chi connectivity index (χ4n) is 1.88. The minimum absolute atomic E-state index is 0.330. The van der Waals surface area contributed by atoms with E-state index in [1.54, 1.807) is 12.1 Å². The highest BCUT2D eigenvalue weighted by atomic mass is 35.5. The van der Waals surface area contributed by atoms with E-state index in [1.807, 2.05) is 19.1 Å². The van der Waals surface area contributed by atoms with E-state index in [0.29, 0.717) is 15.6 Å². The molecule has 5 heteroatoms. The predicted molar refractivity (Wildman–Crippen MR) is 92.0 cm³/mol. The average Bonchev–Trinajstić information content (AvgIpc) is 2.54. The van der Waals surface area contributed by atoms with Crippen LogP contribution in [0.4, 0.5) is 0 Å². The van der Waals surface area contributed by atoms with Crippen molar-refractivity contribution < 1.29 is 4.79 Å². The summed E-state index contributed by atoms with van der Waals surface area (Å²) in [5, 5.41) is 4.87. The van der Waals surface area contributed by atoms with Gasteiger partial charge in [-0.3, -0.25) is 4.79 Å². The minimum atomic E-state index is -0.330.